The molecule has 2 fully saturated rings. The van der Waals surface area contributed by atoms with Gasteiger partial charge in [-0.25, -0.2) is 0 Å². The van der Waals surface area contributed by atoms with Crippen LogP contribution >= 0.6 is 0 Å². The first-order valence-electron chi connectivity index (χ1n) is 8.20. The minimum atomic E-state index is 0.209. The second kappa shape index (κ2) is 7.28. The van der Waals surface area contributed by atoms with Crippen LogP contribution in [-0.2, 0) is 4.79 Å². The van der Waals surface area contributed by atoms with Crippen molar-refractivity contribution in [2.45, 2.75) is 70.3 Å². The Morgan fingerprint density at radius 2 is 1.63 bits per heavy atom. The van der Waals surface area contributed by atoms with Gasteiger partial charge in [-0.3, -0.25) is 4.79 Å². The van der Waals surface area contributed by atoms with E-state index >= 15 is 0 Å². The molecule has 2 rings (SSSR count). The van der Waals surface area contributed by atoms with Crippen molar-refractivity contribution in [1.29, 1.82) is 0 Å². The fourth-order valence-electron chi connectivity index (χ4n) is 3.91. The number of rotatable bonds is 3. The SMILES string of the molecule is CN(C(=O)[C@@H]1CCC[C@@H]1CN)C1CCCCCCC1. The van der Waals surface area contributed by atoms with Crippen LogP contribution < -0.4 is 5.73 Å². The van der Waals surface area contributed by atoms with E-state index in [1.165, 1.54) is 51.4 Å². The summed E-state index contributed by atoms with van der Waals surface area (Å²) in [5.41, 5.74) is 5.82. The Hall–Kier alpha value is -0.570. The molecule has 0 heterocycles. The van der Waals surface area contributed by atoms with E-state index in [1.807, 2.05) is 7.05 Å². The van der Waals surface area contributed by atoms with Gasteiger partial charge in [-0.05, 0) is 38.1 Å². The molecule has 0 aromatic heterocycles. The van der Waals surface area contributed by atoms with E-state index in [4.69, 9.17) is 5.73 Å². The van der Waals surface area contributed by atoms with Gasteiger partial charge in [0.05, 0.1) is 0 Å². The molecule has 0 radical (unpaired) electrons. The number of amides is 1. The van der Waals surface area contributed by atoms with Crippen LogP contribution in [0.4, 0.5) is 0 Å². The second-order valence-corrected chi connectivity index (χ2v) is 6.48. The predicted molar refractivity (Wildman–Crippen MR) is 78.8 cm³/mol. The van der Waals surface area contributed by atoms with Crippen molar-refractivity contribution in [3.63, 3.8) is 0 Å². The summed E-state index contributed by atoms with van der Waals surface area (Å²) in [4.78, 5) is 14.8. The van der Waals surface area contributed by atoms with Crippen LogP contribution in [0.2, 0.25) is 0 Å². The highest BCUT2D eigenvalue weighted by Crippen LogP contribution is 2.33. The van der Waals surface area contributed by atoms with E-state index < -0.39 is 0 Å². The quantitative estimate of drug-likeness (QED) is 0.853. The van der Waals surface area contributed by atoms with Crippen molar-refractivity contribution in [2.24, 2.45) is 17.6 Å². The van der Waals surface area contributed by atoms with Crippen molar-refractivity contribution in [3.8, 4) is 0 Å². The average Bonchev–Trinajstić information content (AvgIpc) is 2.85. The van der Waals surface area contributed by atoms with E-state index in [-0.39, 0.29) is 5.92 Å². The predicted octanol–water partition coefficient (Wildman–Crippen LogP) is 2.93. The fraction of sp³-hybridized carbons (Fsp3) is 0.938. The van der Waals surface area contributed by atoms with Gasteiger partial charge in [0.2, 0.25) is 5.91 Å². The van der Waals surface area contributed by atoms with E-state index in [0.29, 0.717) is 24.4 Å². The molecule has 1 amide bonds. The Labute approximate surface area is 117 Å². The van der Waals surface area contributed by atoms with Gasteiger partial charge in [-0.15, -0.1) is 0 Å². The Morgan fingerprint density at radius 3 is 2.26 bits per heavy atom. The van der Waals surface area contributed by atoms with Gasteiger partial charge in [0.15, 0.2) is 0 Å². The molecule has 0 bridgehead atoms. The first-order valence-corrected chi connectivity index (χ1v) is 8.20. The van der Waals surface area contributed by atoms with E-state index in [0.717, 1.165) is 12.8 Å². The van der Waals surface area contributed by atoms with Crippen LogP contribution in [-0.4, -0.2) is 30.4 Å². The van der Waals surface area contributed by atoms with Gasteiger partial charge in [0.25, 0.3) is 0 Å². The molecule has 19 heavy (non-hydrogen) atoms. The maximum absolute atomic E-state index is 12.7. The molecule has 0 aromatic carbocycles. The molecule has 0 spiro atoms. The number of hydrogen-bond donors (Lipinski definition) is 1. The van der Waals surface area contributed by atoms with Gasteiger partial charge < -0.3 is 10.6 Å². The summed E-state index contributed by atoms with van der Waals surface area (Å²) in [7, 11) is 2.03. The van der Waals surface area contributed by atoms with E-state index in [9.17, 15) is 4.79 Å². The summed E-state index contributed by atoms with van der Waals surface area (Å²) >= 11 is 0. The van der Waals surface area contributed by atoms with Crippen LogP contribution in [0.25, 0.3) is 0 Å². The lowest BCUT2D eigenvalue weighted by molar-refractivity contribution is -0.137. The van der Waals surface area contributed by atoms with Crippen LogP contribution in [0.3, 0.4) is 0 Å². The van der Waals surface area contributed by atoms with E-state index in [2.05, 4.69) is 4.90 Å². The Bertz CT molecular complexity index is 284. The fourth-order valence-corrected chi connectivity index (χ4v) is 3.91. The lowest BCUT2D eigenvalue weighted by Crippen LogP contribution is -2.42. The van der Waals surface area contributed by atoms with Gasteiger partial charge in [0.1, 0.15) is 0 Å². The van der Waals surface area contributed by atoms with Crippen molar-refractivity contribution in [1.82, 2.24) is 4.90 Å². The number of carbonyl (C=O) groups excluding carboxylic acids is 1. The molecule has 2 atom stereocenters. The highest BCUT2D eigenvalue weighted by Gasteiger charge is 2.35. The monoisotopic (exact) mass is 266 g/mol. The normalized spacial score (nSPS) is 29.8. The number of nitrogens with zero attached hydrogens (tertiary/aromatic N) is 1. The maximum Gasteiger partial charge on any atom is 0.225 e. The largest absolute Gasteiger partial charge is 0.343 e. The summed E-state index contributed by atoms with van der Waals surface area (Å²) in [6.07, 6.45) is 12.4. The van der Waals surface area contributed by atoms with Crippen molar-refractivity contribution in [2.75, 3.05) is 13.6 Å². The second-order valence-electron chi connectivity index (χ2n) is 6.48. The first kappa shape index (κ1) is 14.8. The van der Waals surface area contributed by atoms with Crippen LogP contribution in [0.1, 0.15) is 64.2 Å². The molecule has 2 N–H and O–H groups in total. The van der Waals surface area contributed by atoms with Gasteiger partial charge in [-0.2, -0.15) is 0 Å². The first-order chi connectivity index (χ1) is 9.24. The van der Waals surface area contributed by atoms with Crippen molar-refractivity contribution < 1.29 is 4.79 Å². The summed E-state index contributed by atoms with van der Waals surface area (Å²) < 4.78 is 0. The minimum absolute atomic E-state index is 0.209. The molecule has 0 saturated heterocycles. The molecular weight excluding hydrogens is 236 g/mol. The molecule has 0 aromatic rings. The zero-order chi connectivity index (χ0) is 13.7. The molecule has 0 unspecified atom stereocenters. The minimum Gasteiger partial charge on any atom is -0.343 e. The van der Waals surface area contributed by atoms with Gasteiger partial charge >= 0.3 is 0 Å². The maximum atomic E-state index is 12.7. The summed E-state index contributed by atoms with van der Waals surface area (Å²) in [5, 5.41) is 0. The Balaban J connectivity index is 1.93. The topological polar surface area (TPSA) is 46.3 Å². The van der Waals surface area contributed by atoms with Gasteiger partial charge in [-0.1, -0.05) is 38.5 Å². The molecule has 0 aliphatic heterocycles. The highest BCUT2D eigenvalue weighted by molar-refractivity contribution is 5.79. The standard InChI is InChI=1S/C16H30N2O/c1-18(14-9-5-3-2-4-6-10-14)16(19)15-11-7-8-13(15)12-17/h13-15H,2-12,17H2,1H3/t13-,15-/m1/s1. The number of nitrogens with two attached hydrogens (primary N) is 1. The summed E-state index contributed by atoms with van der Waals surface area (Å²) in [6.45, 7) is 0.676. The smallest absolute Gasteiger partial charge is 0.225 e. The average molecular weight is 266 g/mol. The van der Waals surface area contributed by atoms with E-state index in [1.54, 1.807) is 0 Å². The summed E-state index contributed by atoms with van der Waals surface area (Å²) in [5.74, 6) is 1.02. The van der Waals surface area contributed by atoms with Crippen LogP contribution in [0.5, 0.6) is 0 Å². The zero-order valence-electron chi connectivity index (χ0n) is 12.4. The number of hydrogen-bond acceptors (Lipinski definition) is 2. The third kappa shape index (κ3) is 3.71. The molecule has 110 valence electrons. The lowest BCUT2D eigenvalue weighted by atomic mass is 9.91. The highest BCUT2D eigenvalue weighted by atomic mass is 16.2. The molecular formula is C16H30N2O. The lowest BCUT2D eigenvalue weighted by Gasteiger charge is -2.33. The van der Waals surface area contributed by atoms with Crippen molar-refractivity contribution in [3.05, 3.63) is 0 Å². The van der Waals surface area contributed by atoms with Crippen LogP contribution in [0.15, 0.2) is 0 Å². The Morgan fingerprint density at radius 1 is 1.00 bits per heavy atom. The number of carbonyl (C=O) groups is 1. The molecule has 2 aliphatic rings. The molecule has 2 aliphatic carbocycles. The van der Waals surface area contributed by atoms with Crippen molar-refractivity contribution >= 4 is 5.91 Å². The Kier molecular flexibility index (Phi) is 5.68. The zero-order valence-corrected chi connectivity index (χ0v) is 12.4. The molecule has 3 heteroatoms. The van der Waals surface area contributed by atoms with Crippen LogP contribution in [0, 0.1) is 11.8 Å². The van der Waals surface area contributed by atoms with Gasteiger partial charge in [0, 0.05) is 19.0 Å². The molecule has 2 saturated carbocycles. The summed E-state index contributed by atoms with van der Waals surface area (Å²) in [6, 6.07) is 0.479. The third-order valence-electron chi connectivity index (χ3n) is 5.25. The molecule has 3 nitrogen and oxygen atoms in total. The third-order valence-corrected chi connectivity index (χ3v) is 5.25.